The topological polar surface area (TPSA) is 30.0 Å². The summed E-state index contributed by atoms with van der Waals surface area (Å²) in [6.45, 7) is 5.62. The van der Waals surface area contributed by atoms with E-state index in [9.17, 15) is 4.79 Å². The molecule has 0 aliphatic rings. The first-order valence-corrected chi connectivity index (χ1v) is 5.20. The minimum atomic E-state index is 0.0804. The van der Waals surface area contributed by atoms with Gasteiger partial charge in [0.25, 0.3) is 0 Å². The Labute approximate surface area is 94.6 Å². The minimum absolute atomic E-state index is 0.0804. The van der Waals surface area contributed by atoms with Crippen molar-refractivity contribution in [3.63, 3.8) is 0 Å². The Hall–Kier alpha value is -1.96. The molecule has 0 radical (unpaired) electrons. The van der Waals surface area contributed by atoms with Gasteiger partial charge in [-0.15, -0.1) is 0 Å². The first kappa shape index (κ1) is 10.6. The maximum absolute atomic E-state index is 12.0. The van der Waals surface area contributed by atoms with Gasteiger partial charge in [-0.3, -0.25) is 9.78 Å². The van der Waals surface area contributed by atoms with E-state index in [2.05, 4.69) is 11.6 Å². The maximum atomic E-state index is 12.0. The van der Waals surface area contributed by atoms with Crippen molar-refractivity contribution in [2.75, 3.05) is 0 Å². The fraction of sp³-hybridized carbons (Fsp3) is 0.143. The summed E-state index contributed by atoms with van der Waals surface area (Å²) in [7, 11) is 0. The second kappa shape index (κ2) is 4.27. The molecule has 0 N–H and O–H groups in total. The highest BCUT2D eigenvalue weighted by Gasteiger charge is 2.10. The van der Waals surface area contributed by atoms with Gasteiger partial charge in [-0.05, 0) is 19.1 Å². The smallest absolute Gasteiger partial charge is 0.169 e. The molecule has 0 aliphatic heterocycles. The molecule has 16 heavy (non-hydrogen) atoms. The Bertz CT molecular complexity index is 552. The van der Waals surface area contributed by atoms with Crippen molar-refractivity contribution in [3.8, 4) is 0 Å². The number of carbonyl (C=O) groups is 1. The summed E-state index contributed by atoms with van der Waals surface area (Å²) in [5.41, 5.74) is 2.33. The Kier molecular flexibility index (Phi) is 2.82. The van der Waals surface area contributed by atoms with Gasteiger partial charge < -0.3 is 0 Å². The van der Waals surface area contributed by atoms with E-state index in [1.807, 2.05) is 37.3 Å². The number of nitrogens with zero attached hydrogens (tertiary/aromatic N) is 1. The fourth-order valence-electron chi connectivity index (χ4n) is 1.70. The van der Waals surface area contributed by atoms with Crippen LogP contribution in [0.4, 0.5) is 0 Å². The van der Waals surface area contributed by atoms with E-state index in [1.165, 1.54) is 0 Å². The minimum Gasteiger partial charge on any atom is -0.294 e. The second-order valence-corrected chi connectivity index (χ2v) is 3.94. The van der Waals surface area contributed by atoms with Crippen LogP contribution < -0.4 is 0 Å². The third kappa shape index (κ3) is 2.01. The molecule has 0 amide bonds. The van der Waals surface area contributed by atoms with Gasteiger partial charge in [0, 0.05) is 23.6 Å². The molecular weight excluding hydrogens is 198 g/mol. The average molecular weight is 211 g/mol. The lowest BCUT2D eigenvalue weighted by Crippen LogP contribution is -2.01. The summed E-state index contributed by atoms with van der Waals surface area (Å²) in [6.07, 6.45) is 2.09. The molecule has 2 heteroatoms. The van der Waals surface area contributed by atoms with Crippen molar-refractivity contribution in [2.24, 2.45) is 0 Å². The van der Waals surface area contributed by atoms with Gasteiger partial charge in [-0.25, -0.2) is 0 Å². The Morgan fingerprint density at radius 2 is 2.06 bits per heavy atom. The Morgan fingerprint density at radius 1 is 1.31 bits per heavy atom. The first-order valence-electron chi connectivity index (χ1n) is 5.20. The van der Waals surface area contributed by atoms with Crippen molar-refractivity contribution in [2.45, 2.75) is 13.3 Å². The van der Waals surface area contributed by atoms with Crippen LogP contribution in [0.3, 0.4) is 0 Å². The molecule has 80 valence electrons. The van der Waals surface area contributed by atoms with Crippen LogP contribution in [0, 0.1) is 0 Å². The summed E-state index contributed by atoms with van der Waals surface area (Å²) in [6, 6.07) is 9.49. The van der Waals surface area contributed by atoms with Crippen LogP contribution in [0.2, 0.25) is 0 Å². The van der Waals surface area contributed by atoms with Crippen LogP contribution in [0.25, 0.3) is 10.9 Å². The summed E-state index contributed by atoms with van der Waals surface area (Å²) in [5.74, 6) is 0.0804. The van der Waals surface area contributed by atoms with Gasteiger partial charge in [0.05, 0.1) is 5.52 Å². The number of rotatable bonds is 3. The van der Waals surface area contributed by atoms with Crippen LogP contribution >= 0.6 is 0 Å². The number of ketones is 1. The molecule has 0 saturated carbocycles. The molecule has 0 fully saturated rings. The number of para-hydroxylation sites is 1. The molecule has 1 aromatic carbocycles. The van der Waals surface area contributed by atoms with Crippen molar-refractivity contribution < 1.29 is 4.79 Å². The van der Waals surface area contributed by atoms with Crippen molar-refractivity contribution in [1.82, 2.24) is 4.98 Å². The van der Waals surface area contributed by atoms with E-state index in [1.54, 1.807) is 6.20 Å². The molecule has 1 heterocycles. The average Bonchev–Trinajstić information content (AvgIpc) is 2.27. The number of allylic oxidation sites excluding steroid dienone is 1. The monoisotopic (exact) mass is 211 g/mol. The van der Waals surface area contributed by atoms with Crippen molar-refractivity contribution >= 4 is 16.7 Å². The normalized spacial score (nSPS) is 10.3. The lowest BCUT2D eigenvalue weighted by molar-refractivity contribution is 0.0994. The van der Waals surface area contributed by atoms with Crippen LogP contribution in [0.1, 0.15) is 23.7 Å². The number of hydrogen-bond donors (Lipinski definition) is 0. The van der Waals surface area contributed by atoms with Gasteiger partial charge in [0.2, 0.25) is 0 Å². The first-order chi connectivity index (χ1) is 7.68. The van der Waals surface area contributed by atoms with Crippen LogP contribution in [-0.4, -0.2) is 10.8 Å². The zero-order chi connectivity index (χ0) is 11.5. The SMILES string of the molecule is C=C(C)CC(=O)c1cccc2cccnc12. The lowest BCUT2D eigenvalue weighted by atomic mass is 10.0. The van der Waals surface area contributed by atoms with Crippen molar-refractivity contribution in [1.29, 1.82) is 0 Å². The molecule has 1 aromatic heterocycles. The Morgan fingerprint density at radius 3 is 2.81 bits per heavy atom. The van der Waals surface area contributed by atoms with Gasteiger partial charge in [-0.1, -0.05) is 30.4 Å². The van der Waals surface area contributed by atoms with E-state index in [-0.39, 0.29) is 5.78 Å². The van der Waals surface area contributed by atoms with Crippen LogP contribution in [-0.2, 0) is 0 Å². The maximum Gasteiger partial charge on any atom is 0.169 e. The van der Waals surface area contributed by atoms with Gasteiger partial charge in [0.1, 0.15) is 0 Å². The third-order valence-corrected chi connectivity index (χ3v) is 2.40. The van der Waals surface area contributed by atoms with Crippen molar-refractivity contribution in [3.05, 3.63) is 54.2 Å². The van der Waals surface area contributed by atoms with Crippen LogP contribution in [0.5, 0.6) is 0 Å². The number of carbonyl (C=O) groups excluding carboxylic acids is 1. The lowest BCUT2D eigenvalue weighted by Gasteiger charge is -2.04. The molecule has 0 aliphatic carbocycles. The van der Waals surface area contributed by atoms with Crippen LogP contribution in [0.15, 0.2) is 48.7 Å². The number of benzene rings is 1. The summed E-state index contributed by atoms with van der Waals surface area (Å²) in [5, 5.41) is 0.995. The molecule has 0 atom stereocenters. The standard InChI is InChI=1S/C14H13NO/c1-10(2)9-13(16)12-7-3-5-11-6-4-8-15-14(11)12/h3-8H,1,9H2,2H3. The van der Waals surface area contributed by atoms with E-state index in [0.29, 0.717) is 12.0 Å². The zero-order valence-corrected chi connectivity index (χ0v) is 9.23. The summed E-state index contributed by atoms with van der Waals surface area (Å²) >= 11 is 0. The highest BCUT2D eigenvalue weighted by molar-refractivity contribution is 6.07. The fourth-order valence-corrected chi connectivity index (χ4v) is 1.70. The number of Topliss-reactive ketones (excluding diaryl/α,β-unsaturated/α-hetero) is 1. The molecule has 0 spiro atoms. The molecular formula is C14H13NO. The van der Waals surface area contributed by atoms with E-state index < -0.39 is 0 Å². The summed E-state index contributed by atoms with van der Waals surface area (Å²) in [4.78, 5) is 16.2. The Balaban J connectivity index is 2.52. The predicted molar refractivity (Wildman–Crippen MR) is 65.5 cm³/mol. The largest absolute Gasteiger partial charge is 0.294 e. The molecule has 2 nitrogen and oxygen atoms in total. The molecule has 2 rings (SSSR count). The quantitative estimate of drug-likeness (QED) is 0.575. The summed E-state index contributed by atoms with van der Waals surface area (Å²) < 4.78 is 0. The van der Waals surface area contributed by atoms with Gasteiger partial charge >= 0.3 is 0 Å². The van der Waals surface area contributed by atoms with Gasteiger partial charge in [-0.2, -0.15) is 0 Å². The molecule has 0 saturated heterocycles. The van der Waals surface area contributed by atoms with E-state index in [0.717, 1.165) is 16.5 Å². The number of aromatic nitrogens is 1. The predicted octanol–water partition coefficient (Wildman–Crippen LogP) is 3.38. The third-order valence-electron chi connectivity index (χ3n) is 2.40. The van der Waals surface area contributed by atoms with E-state index >= 15 is 0 Å². The molecule has 2 aromatic rings. The zero-order valence-electron chi connectivity index (χ0n) is 9.23. The number of hydrogen-bond acceptors (Lipinski definition) is 2. The number of fused-ring (bicyclic) bond motifs is 1. The highest BCUT2D eigenvalue weighted by Crippen LogP contribution is 2.18. The van der Waals surface area contributed by atoms with E-state index in [4.69, 9.17) is 0 Å². The van der Waals surface area contributed by atoms with Gasteiger partial charge in [0.15, 0.2) is 5.78 Å². The second-order valence-electron chi connectivity index (χ2n) is 3.94. The highest BCUT2D eigenvalue weighted by atomic mass is 16.1. The molecule has 0 unspecified atom stereocenters. The molecule has 0 bridgehead atoms. The number of pyridine rings is 1.